The van der Waals surface area contributed by atoms with Crippen LogP contribution in [0.4, 0.5) is 0 Å². The minimum Gasteiger partial charge on any atom is -0.331 e. The molecule has 3 unspecified atom stereocenters. The van der Waals surface area contributed by atoms with Gasteiger partial charge in [0.25, 0.3) is 0 Å². The molecule has 2 aromatic carbocycles. The van der Waals surface area contributed by atoms with Crippen LogP contribution in [0.25, 0.3) is 0 Å². The Morgan fingerprint density at radius 1 is 0.974 bits per heavy atom. The molecule has 210 valence electrons. The molecule has 0 spiro atoms. The van der Waals surface area contributed by atoms with Crippen molar-refractivity contribution in [2.24, 2.45) is 17.3 Å². The summed E-state index contributed by atoms with van der Waals surface area (Å²) >= 11 is 11.6. The Labute approximate surface area is 241 Å². The molecule has 0 saturated carbocycles. The van der Waals surface area contributed by atoms with Crippen molar-refractivity contribution < 1.29 is 13.8 Å². The van der Waals surface area contributed by atoms with Crippen LogP contribution in [0, 0.1) is 17.3 Å². The number of nitrogens with zero attached hydrogens (tertiary/aromatic N) is 1. The number of halogens is 2. The van der Waals surface area contributed by atoms with Crippen molar-refractivity contribution in [2.45, 2.75) is 85.1 Å². The summed E-state index contributed by atoms with van der Waals surface area (Å²) < 4.78 is 12.8. The summed E-state index contributed by atoms with van der Waals surface area (Å²) in [5, 5.41) is 1.48. The lowest BCUT2D eigenvalue weighted by Crippen LogP contribution is -2.56. The number of piperidine rings is 1. The first-order valence-corrected chi connectivity index (χ1v) is 15.6. The number of hydrogen-bond donors (Lipinski definition) is 0. The van der Waals surface area contributed by atoms with Gasteiger partial charge in [-0.3, -0.25) is 13.8 Å². The maximum atomic E-state index is 14.0. The predicted molar refractivity (Wildman–Crippen MR) is 161 cm³/mol. The Hall–Kier alpha value is -1.69. The zero-order valence-electron chi connectivity index (χ0n) is 23.7. The molecule has 7 heteroatoms. The fourth-order valence-corrected chi connectivity index (χ4v) is 6.21. The second-order valence-electron chi connectivity index (χ2n) is 11.4. The van der Waals surface area contributed by atoms with Crippen LogP contribution in [-0.2, 0) is 20.4 Å². The number of amides is 1. The van der Waals surface area contributed by atoms with Gasteiger partial charge < -0.3 is 4.90 Å². The van der Waals surface area contributed by atoms with Crippen LogP contribution in [0.3, 0.4) is 0 Å². The number of carbonyl (C=O) groups is 2. The minimum absolute atomic E-state index is 0.00663. The van der Waals surface area contributed by atoms with E-state index >= 15 is 0 Å². The van der Waals surface area contributed by atoms with Crippen molar-refractivity contribution in [3.63, 3.8) is 0 Å². The molecule has 3 rings (SSSR count). The van der Waals surface area contributed by atoms with Gasteiger partial charge in [-0.1, -0.05) is 102 Å². The van der Waals surface area contributed by atoms with Crippen molar-refractivity contribution in [1.82, 2.24) is 4.90 Å². The normalized spacial score (nSPS) is 21.3. The molecule has 38 heavy (non-hydrogen) atoms. The van der Waals surface area contributed by atoms with E-state index < -0.39 is 16.2 Å². The number of carbonyl (C=O) groups excluding carboxylic acids is 2. The van der Waals surface area contributed by atoms with Crippen molar-refractivity contribution >= 4 is 45.7 Å². The lowest BCUT2D eigenvalue weighted by Gasteiger charge is -2.49. The van der Waals surface area contributed by atoms with Gasteiger partial charge in [-0.05, 0) is 48.6 Å². The highest BCUT2D eigenvalue weighted by Crippen LogP contribution is 2.45. The molecule has 0 aliphatic carbocycles. The Morgan fingerprint density at radius 3 is 1.97 bits per heavy atom. The molecule has 4 atom stereocenters. The van der Waals surface area contributed by atoms with E-state index in [1.807, 2.05) is 94.1 Å². The maximum Gasteiger partial charge on any atom is 0.229 e. The number of likely N-dealkylation sites (tertiary alicyclic amines) is 1. The summed E-state index contributed by atoms with van der Waals surface area (Å²) in [4.78, 5) is 28.6. The summed E-state index contributed by atoms with van der Waals surface area (Å²) in [6.45, 7) is 13.8. The van der Waals surface area contributed by atoms with Crippen LogP contribution < -0.4 is 0 Å². The van der Waals surface area contributed by atoms with Gasteiger partial charge in [-0.25, -0.2) is 0 Å². The van der Waals surface area contributed by atoms with E-state index in [9.17, 15) is 13.8 Å². The second-order valence-corrected chi connectivity index (χ2v) is 14.3. The fraction of sp³-hybridized carbons (Fsp3) is 0.548. The first-order valence-electron chi connectivity index (χ1n) is 13.5. The summed E-state index contributed by atoms with van der Waals surface area (Å²) in [7, 11) is -1.04. The van der Waals surface area contributed by atoms with Gasteiger partial charge in [0.15, 0.2) is 0 Å². The first kappa shape index (κ1) is 32.5. The number of hydrogen-bond acceptors (Lipinski definition) is 3. The van der Waals surface area contributed by atoms with Gasteiger partial charge in [-0.15, -0.1) is 0 Å². The molecular formula is C31H43Cl2NO3S. The molecule has 0 aromatic heterocycles. The third-order valence-electron chi connectivity index (χ3n) is 7.24. The molecule has 1 heterocycles. The van der Waals surface area contributed by atoms with Crippen molar-refractivity contribution in [1.29, 1.82) is 0 Å². The Kier molecular flexibility index (Phi) is 12.5. The SMILES string of the molecule is CC(C)C(=O)C[C@@]1(C)CCC(c2ccc(Cl)cc2)N(C(CS(=O)C(C)C)C(C)C)C1=O.Clc1ccccc1. The average molecular weight is 581 g/mol. The zero-order valence-corrected chi connectivity index (χ0v) is 26.1. The summed E-state index contributed by atoms with van der Waals surface area (Å²) in [5.41, 5.74) is 0.312. The van der Waals surface area contributed by atoms with E-state index in [4.69, 9.17) is 23.2 Å². The number of benzene rings is 2. The van der Waals surface area contributed by atoms with Crippen LogP contribution >= 0.6 is 23.2 Å². The Morgan fingerprint density at radius 2 is 1.53 bits per heavy atom. The fourth-order valence-electron chi connectivity index (χ4n) is 4.67. The van der Waals surface area contributed by atoms with Crippen LogP contribution in [0.1, 0.15) is 79.3 Å². The van der Waals surface area contributed by atoms with Crippen molar-refractivity contribution in [3.05, 3.63) is 70.2 Å². The topological polar surface area (TPSA) is 54.5 Å². The first-order chi connectivity index (χ1) is 17.8. The van der Waals surface area contributed by atoms with Gasteiger partial charge in [0.2, 0.25) is 5.91 Å². The molecule has 0 N–H and O–H groups in total. The van der Waals surface area contributed by atoms with E-state index in [0.29, 0.717) is 17.2 Å². The van der Waals surface area contributed by atoms with Gasteiger partial charge in [0.1, 0.15) is 5.78 Å². The lowest BCUT2D eigenvalue weighted by molar-refractivity contribution is -0.156. The highest BCUT2D eigenvalue weighted by molar-refractivity contribution is 7.85. The molecular weight excluding hydrogens is 537 g/mol. The molecule has 0 bridgehead atoms. The highest BCUT2D eigenvalue weighted by atomic mass is 35.5. The van der Waals surface area contributed by atoms with Gasteiger partial charge in [-0.2, -0.15) is 0 Å². The highest BCUT2D eigenvalue weighted by Gasteiger charge is 2.48. The molecule has 1 saturated heterocycles. The van der Waals surface area contributed by atoms with E-state index in [1.54, 1.807) is 0 Å². The molecule has 0 radical (unpaired) electrons. The van der Waals surface area contributed by atoms with E-state index in [1.165, 1.54) is 0 Å². The Balaban J connectivity index is 0.000000624. The predicted octanol–water partition coefficient (Wildman–Crippen LogP) is 8.15. The summed E-state index contributed by atoms with van der Waals surface area (Å²) in [6.07, 6.45) is 1.68. The minimum atomic E-state index is -1.04. The third-order valence-corrected chi connectivity index (χ3v) is 9.47. The third kappa shape index (κ3) is 8.93. The molecule has 1 aliphatic rings. The monoisotopic (exact) mass is 579 g/mol. The summed E-state index contributed by atoms with van der Waals surface area (Å²) in [6, 6.07) is 16.8. The average Bonchev–Trinajstić information content (AvgIpc) is 2.85. The second kappa shape index (κ2) is 14.6. The van der Waals surface area contributed by atoms with Crippen molar-refractivity contribution in [3.8, 4) is 0 Å². The molecule has 2 aromatic rings. The molecule has 1 amide bonds. The maximum absolute atomic E-state index is 14.0. The van der Waals surface area contributed by atoms with Crippen LogP contribution in [0.15, 0.2) is 54.6 Å². The largest absolute Gasteiger partial charge is 0.331 e. The quantitative estimate of drug-likeness (QED) is 0.301. The molecule has 4 nitrogen and oxygen atoms in total. The van der Waals surface area contributed by atoms with E-state index in [0.717, 1.165) is 17.0 Å². The van der Waals surface area contributed by atoms with Gasteiger partial charge >= 0.3 is 0 Å². The lowest BCUT2D eigenvalue weighted by atomic mass is 9.72. The van der Waals surface area contributed by atoms with E-state index in [-0.39, 0.29) is 47.3 Å². The number of Topliss-reactive ketones (excluding diaryl/α,β-unsaturated/α-hetero) is 1. The number of rotatable bonds is 9. The Bertz CT molecular complexity index is 1070. The van der Waals surface area contributed by atoms with Crippen LogP contribution in [0.5, 0.6) is 0 Å². The number of ketones is 1. The van der Waals surface area contributed by atoms with Gasteiger partial charge in [0.05, 0.1) is 11.5 Å². The summed E-state index contributed by atoms with van der Waals surface area (Å²) in [5.74, 6) is 0.616. The van der Waals surface area contributed by atoms with Crippen molar-refractivity contribution in [2.75, 3.05) is 5.75 Å². The smallest absolute Gasteiger partial charge is 0.229 e. The zero-order chi connectivity index (χ0) is 28.6. The standard InChI is InChI=1S/C25H38ClNO3S.C6H5Cl/c1-16(2)22(15-31(30)18(5)6)27-21(19-8-10-20(26)11-9-19)12-13-25(7,24(27)29)14-23(28)17(3)4;7-6-4-2-1-3-5-6/h8-11,16-18,21-22H,12-15H2,1-7H3;1-5H/t21?,22?,25-,31?;/m1./s1. The molecule has 1 fully saturated rings. The molecule has 1 aliphatic heterocycles. The van der Waals surface area contributed by atoms with Gasteiger partial charge in [0, 0.05) is 50.2 Å². The van der Waals surface area contributed by atoms with E-state index in [2.05, 4.69) is 13.8 Å². The van der Waals surface area contributed by atoms with Crippen LogP contribution in [-0.4, -0.2) is 37.8 Å². The van der Waals surface area contributed by atoms with Crippen LogP contribution in [0.2, 0.25) is 10.0 Å².